The number of halogens is 2. The molecule has 0 bridgehead atoms. The van der Waals surface area contributed by atoms with Gasteiger partial charge in [-0.3, -0.25) is 13.9 Å². The van der Waals surface area contributed by atoms with Gasteiger partial charge < -0.3 is 15.0 Å². The van der Waals surface area contributed by atoms with Crippen LogP contribution < -0.4 is 14.4 Å². The summed E-state index contributed by atoms with van der Waals surface area (Å²) in [6.07, 6.45) is 3.87. The number of nitrogens with one attached hydrogen (secondary N) is 1. The number of amides is 2. The third kappa shape index (κ3) is 7.52. The first kappa shape index (κ1) is 30.7. The molecule has 1 fully saturated rings. The predicted octanol–water partition coefficient (Wildman–Crippen LogP) is 5.67. The summed E-state index contributed by atoms with van der Waals surface area (Å²) in [6.45, 7) is 1.11. The quantitative estimate of drug-likeness (QED) is 0.299. The van der Waals surface area contributed by atoms with Crippen molar-refractivity contribution in [1.29, 1.82) is 0 Å². The second-order valence-corrected chi connectivity index (χ2v) is 12.6. The Morgan fingerprint density at radius 1 is 0.976 bits per heavy atom. The molecule has 1 aliphatic carbocycles. The van der Waals surface area contributed by atoms with Crippen molar-refractivity contribution < 1.29 is 22.7 Å². The van der Waals surface area contributed by atoms with Gasteiger partial charge in [0.2, 0.25) is 11.8 Å². The maximum Gasteiger partial charge on any atom is 0.264 e. The van der Waals surface area contributed by atoms with Crippen LogP contribution in [-0.4, -0.2) is 50.9 Å². The first-order valence-corrected chi connectivity index (χ1v) is 15.6. The number of hydrogen-bond donors (Lipinski definition) is 1. The molecule has 0 spiro atoms. The van der Waals surface area contributed by atoms with Crippen molar-refractivity contribution in [2.45, 2.75) is 56.1 Å². The lowest BCUT2D eigenvalue weighted by Crippen LogP contribution is -2.52. The maximum absolute atomic E-state index is 14.0. The number of ether oxygens (including phenoxy) is 1. The lowest BCUT2D eigenvalue weighted by atomic mass is 10.1. The van der Waals surface area contributed by atoms with Crippen LogP contribution in [0.3, 0.4) is 0 Å². The molecule has 0 aromatic heterocycles. The van der Waals surface area contributed by atoms with Gasteiger partial charge in [-0.25, -0.2) is 8.42 Å². The number of benzene rings is 3. The highest BCUT2D eigenvalue weighted by Crippen LogP contribution is 2.28. The van der Waals surface area contributed by atoms with E-state index in [4.69, 9.17) is 27.9 Å². The van der Waals surface area contributed by atoms with Gasteiger partial charge in [0.05, 0.1) is 17.7 Å². The Bertz CT molecular complexity index is 1460. The van der Waals surface area contributed by atoms with Crippen molar-refractivity contribution in [3.8, 4) is 5.75 Å². The zero-order chi connectivity index (χ0) is 29.6. The summed E-state index contributed by atoms with van der Waals surface area (Å²) in [5, 5.41) is 3.90. The van der Waals surface area contributed by atoms with Crippen LogP contribution in [0, 0.1) is 0 Å². The average molecular weight is 619 g/mol. The molecule has 0 unspecified atom stereocenters. The predicted molar refractivity (Wildman–Crippen MR) is 161 cm³/mol. The minimum absolute atomic E-state index is 0.0225. The van der Waals surface area contributed by atoms with Crippen LogP contribution in [0.4, 0.5) is 5.69 Å². The van der Waals surface area contributed by atoms with E-state index < -0.39 is 28.5 Å². The van der Waals surface area contributed by atoms with E-state index in [0.717, 1.165) is 30.0 Å². The molecule has 0 saturated heterocycles. The van der Waals surface area contributed by atoms with Crippen LogP contribution >= 0.6 is 23.2 Å². The van der Waals surface area contributed by atoms with Crippen LogP contribution in [0.15, 0.2) is 77.7 Å². The normalized spacial score (nSPS) is 14.3. The highest BCUT2D eigenvalue weighted by molar-refractivity contribution is 7.92. The van der Waals surface area contributed by atoms with E-state index >= 15 is 0 Å². The molecule has 11 heteroatoms. The van der Waals surface area contributed by atoms with Crippen molar-refractivity contribution in [3.05, 3.63) is 88.4 Å². The van der Waals surface area contributed by atoms with E-state index in [0.29, 0.717) is 21.4 Å². The van der Waals surface area contributed by atoms with Gasteiger partial charge in [0, 0.05) is 22.6 Å². The van der Waals surface area contributed by atoms with Crippen molar-refractivity contribution in [2.24, 2.45) is 0 Å². The summed E-state index contributed by atoms with van der Waals surface area (Å²) >= 11 is 12.5. The van der Waals surface area contributed by atoms with Gasteiger partial charge in [-0.1, -0.05) is 54.2 Å². The van der Waals surface area contributed by atoms with Crippen molar-refractivity contribution in [3.63, 3.8) is 0 Å². The second kappa shape index (κ2) is 13.6. The molecule has 2 amide bonds. The monoisotopic (exact) mass is 617 g/mol. The van der Waals surface area contributed by atoms with Gasteiger partial charge in [0.15, 0.2) is 0 Å². The summed E-state index contributed by atoms with van der Waals surface area (Å²) < 4.78 is 34.0. The van der Waals surface area contributed by atoms with Crippen LogP contribution in [0.1, 0.15) is 38.2 Å². The Kier molecular flexibility index (Phi) is 10.2. The summed E-state index contributed by atoms with van der Waals surface area (Å²) in [4.78, 5) is 28.7. The third-order valence-electron chi connectivity index (χ3n) is 7.21. The number of methoxy groups -OCH3 is 1. The topological polar surface area (TPSA) is 96.0 Å². The fraction of sp³-hybridized carbons (Fsp3) is 0.333. The molecular weight excluding hydrogens is 585 g/mol. The Labute approximate surface area is 251 Å². The number of carbonyl (C=O) groups is 2. The van der Waals surface area contributed by atoms with Gasteiger partial charge in [-0.05, 0) is 79.9 Å². The first-order valence-electron chi connectivity index (χ1n) is 13.4. The number of nitrogens with zero attached hydrogens (tertiary/aromatic N) is 2. The number of anilines is 1. The Hall–Kier alpha value is -3.27. The molecule has 1 saturated carbocycles. The van der Waals surface area contributed by atoms with Gasteiger partial charge in [0.25, 0.3) is 10.0 Å². The van der Waals surface area contributed by atoms with Crippen molar-refractivity contribution in [1.82, 2.24) is 10.2 Å². The highest BCUT2D eigenvalue weighted by atomic mass is 35.5. The molecule has 3 aromatic rings. The Balaban J connectivity index is 1.69. The average Bonchev–Trinajstić information content (AvgIpc) is 3.48. The molecule has 1 aliphatic rings. The standard InChI is InChI=1S/C30H33Cl2N3O5S/c1-21(30(37)33-24-8-4-5-9-24)34(19-22-7-3-6-10-28(22)32)29(36)20-35(25-13-11-23(31)12-14-25)41(38,39)27-17-15-26(40-2)16-18-27/h3,6-7,10-18,21,24H,4-5,8-9,19-20H2,1-2H3,(H,33,37)/t21-/m1/s1. The summed E-state index contributed by atoms with van der Waals surface area (Å²) in [6, 6.07) is 18.3. The molecule has 1 atom stereocenters. The van der Waals surface area contributed by atoms with Crippen molar-refractivity contribution >= 4 is 50.7 Å². The zero-order valence-electron chi connectivity index (χ0n) is 22.9. The van der Waals surface area contributed by atoms with E-state index in [-0.39, 0.29) is 29.1 Å². The molecule has 8 nitrogen and oxygen atoms in total. The van der Waals surface area contributed by atoms with Crippen LogP contribution in [0.5, 0.6) is 5.75 Å². The summed E-state index contributed by atoms with van der Waals surface area (Å²) in [5.74, 6) is -0.370. The molecule has 0 aliphatic heterocycles. The van der Waals surface area contributed by atoms with Crippen LogP contribution in [0.2, 0.25) is 10.0 Å². The Morgan fingerprint density at radius 3 is 2.22 bits per heavy atom. The van der Waals surface area contributed by atoms with Crippen molar-refractivity contribution in [2.75, 3.05) is 18.0 Å². The van der Waals surface area contributed by atoms with Gasteiger partial charge in [-0.15, -0.1) is 0 Å². The van der Waals surface area contributed by atoms with Gasteiger partial charge >= 0.3 is 0 Å². The number of rotatable bonds is 11. The number of hydrogen-bond acceptors (Lipinski definition) is 5. The van der Waals surface area contributed by atoms with E-state index in [1.807, 2.05) is 0 Å². The zero-order valence-corrected chi connectivity index (χ0v) is 25.3. The number of carbonyl (C=O) groups excluding carboxylic acids is 2. The SMILES string of the molecule is COc1ccc(S(=O)(=O)N(CC(=O)N(Cc2ccccc2Cl)[C@H](C)C(=O)NC2CCCC2)c2ccc(Cl)cc2)cc1. The second-order valence-electron chi connectivity index (χ2n) is 9.94. The largest absolute Gasteiger partial charge is 0.497 e. The minimum Gasteiger partial charge on any atom is -0.497 e. The highest BCUT2D eigenvalue weighted by Gasteiger charge is 2.33. The lowest BCUT2D eigenvalue weighted by Gasteiger charge is -2.32. The molecule has 0 heterocycles. The Morgan fingerprint density at radius 2 is 1.61 bits per heavy atom. The van der Waals surface area contributed by atoms with E-state index in [2.05, 4.69) is 5.32 Å². The molecule has 3 aromatic carbocycles. The lowest BCUT2D eigenvalue weighted by molar-refractivity contribution is -0.139. The molecule has 41 heavy (non-hydrogen) atoms. The van der Waals surface area contributed by atoms with Gasteiger partial charge in [-0.2, -0.15) is 0 Å². The molecule has 1 N–H and O–H groups in total. The van der Waals surface area contributed by atoms with E-state index in [1.165, 1.54) is 48.4 Å². The fourth-order valence-electron chi connectivity index (χ4n) is 4.80. The van der Waals surface area contributed by atoms with E-state index in [1.54, 1.807) is 43.3 Å². The van der Waals surface area contributed by atoms with E-state index in [9.17, 15) is 18.0 Å². The smallest absolute Gasteiger partial charge is 0.264 e. The summed E-state index contributed by atoms with van der Waals surface area (Å²) in [7, 11) is -2.72. The maximum atomic E-state index is 14.0. The number of sulfonamides is 1. The van der Waals surface area contributed by atoms with Crippen LogP contribution in [-0.2, 0) is 26.2 Å². The third-order valence-corrected chi connectivity index (χ3v) is 9.62. The summed E-state index contributed by atoms with van der Waals surface area (Å²) in [5.41, 5.74) is 0.887. The van der Waals surface area contributed by atoms with Gasteiger partial charge in [0.1, 0.15) is 18.3 Å². The first-order chi connectivity index (χ1) is 19.6. The molecule has 4 rings (SSSR count). The molecule has 0 radical (unpaired) electrons. The molecule has 218 valence electrons. The minimum atomic E-state index is -4.21. The van der Waals surface area contributed by atoms with Crippen LogP contribution in [0.25, 0.3) is 0 Å². The molecular formula is C30H33Cl2N3O5S. The fourth-order valence-corrected chi connectivity index (χ4v) is 6.53.